The van der Waals surface area contributed by atoms with Crippen LogP contribution in [0.1, 0.15) is 22.3 Å². The molecule has 0 saturated heterocycles. The molecule has 0 saturated carbocycles. The minimum atomic E-state index is -4.13. The fraction of sp³-hybridized carbons (Fsp3) is 0.333. The van der Waals surface area contributed by atoms with Crippen molar-refractivity contribution in [1.82, 2.24) is 4.72 Å². The van der Waals surface area contributed by atoms with Gasteiger partial charge in [-0.1, -0.05) is 6.07 Å². The number of carbonyl (C=O) groups excluding carboxylic acids is 1. The predicted molar refractivity (Wildman–Crippen MR) is 73.5 cm³/mol. The van der Waals surface area contributed by atoms with Gasteiger partial charge in [-0.05, 0) is 30.5 Å². The zero-order valence-corrected chi connectivity index (χ0v) is 12.0. The summed E-state index contributed by atoms with van der Waals surface area (Å²) in [4.78, 5) is 22.3. The highest BCUT2D eigenvalue weighted by molar-refractivity contribution is 7.91. The standard InChI is InChI=1S/C12H14N2O6S/c1-20-12(17)13-21(18,19)14-7-3-5-8-9(11(15)16)4-2-6-10(8)14/h2,4,6H,3,5,7H2,1H3,(H,13,17)(H,15,16). The molecule has 0 aliphatic carbocycles. The number of anilines is 1. The van der Waals surface area contributed by atoms with Crippen LogP contribution in [0, 0.1) is 0 Å². The van der Waals surface area contributed by atoms with E-state index in [-0.39, 0.29) is 17.8 Å². The van der Waals surface area contributed by atoms with Crippen LogP contribution in [0.4, 0.5) is 10.5 Å². The average molecular weight is 314 g/mol. The summed E-state index contributed by atoms with van der Waals surface area (Å²) in [5.74, 6) is -1.12. The number of amides is 1. The summed E-state index contributed by atoms with van der Waals surface area (Å²) in [6.45, 7) is 0.155. The van der Waals surface area contributed by atoms with Gasteiger partial charge in [0.1, 0.15) is 0 Å². The van der Waals surface area contributed by atoms with Crippen molar-refractivity contribution in [2.24, 2.45) is 0 Å². The van der Waals surface area contributed by atoms with Gasteiger partial charge in [0.2, 0.25) is 0 Å². The van der Waals surface area contributed by atoms with Crippen molar-refractivity contribution in [1.29, 1.82) is 0 Å². The summed E-state index contributed by atoms with van der Waals surface area (Å²) >= 11 is 0. The quantitative estimate of drug-likeness (QED) is 0.850. The first-order valence-electron chi connectivity index (χ1n) is 6.10. The molecule has 8 nitrogen and oxygen atoms in total. The molecule has 0 atom stereocenters. The van der Waals surface area contributed by atoms with E-state index in [1.807, 2.05) is 0 Å². The summed E-state index contributed by atoms with van der Waals surface area (Å²) in [6.07, 6.45) is -0.182. The summed E-state index contributed by atoms with van der Waals surface area (Å²) in [5, 5.41) is 9.16. The zero-order valence-electron chi connectivity index (χ0n) is 11.2. The van der Waals surface area contributed by atoms with Gasteiger partial charge in [0.25, 0.3) is 0 Å². The van der Waals surface area contributed by atoms with Gasteiger partial charge in [-0.3, -0.25) is 4.31 Å². The fourth-order valence-electron chi connectivity index (χ4n) is 2.24. The maximum absolute atomic E-state index is 12.2. The first-order valence-corrected chi connectivity index (χ1v) is 7.54. The van der Waals surface area contributed by atoms with Crippen molar-refractivity contribution in [3.8, 4) is 0 Å². The molecule has 0 spiro atoms. The Hall–Kier alpha value is -2.29. The predicted octanol–water partition coefficient (Wildman–Crippen LogP) is 0.738. The van der Waals surface area contributed by atoms with E-state index in [1.54, 1.807) is 4.72 Å². The number of aromatic carboxylic acids is 1. The second kappa shape index (κ2) is 5.60. The van der Waals surface area contributed by atoms with Crippen LogP contribution in [0.3, 0.4) is 0 Å². The number of hydrogen-bond acceptors (Lipinski definition) is 5. The van der Waals surface area contributed by atoms with Crippen LogP contribution in [-0.2, 0) is 21.4 Å². The molecule has 1 aromatic rings. The fourth-order valence-corrected chi connectivity index (χ4v) is 3.45. The Balaban J connectivity index is 2.46. The number of benzene rings is 1. The largest absolute Gasteiger partial charge is 0.478 e. The molecule has 0 radical (unpaired) electrons. The third-order valence-electron chi connectivity index (χ3n) is 3.13. The Labute approximate surface area is 121 Å². The molecule has 0 unspecified atom stereocenters. The number of fused-ring (bicyclic) bond motifs is 1. The topological polar surface area (TPSA) is 113 Å². The highest BCUT2D eigenvalue weighted by atomic mass is 32.2. The maximum atomic E-state index is 12.2. The van der Waals surface area contributed by atoms with Crippen LogP contribution in [-0.4, -0.2) is 39.2 Å². The number of hydrogen-bond donors (Lipinski definition) is 2. The van der Waals surface area contributed by atoms with E-state index in [4.69, 9.17) is 5.11 Å². The number of nitrogens with one attached hydrogen (secondary N) is 1. The number of carboxylic acids is 1. The molecule has 1 heterocycles. The molecule has 0 bridgehead atoms. The number of rotatable bonds is 3. The molecule has 0 aromatic heterocycles. The van der Waals surface area contributed by atoms with E-state index in [0.717, 1.165) is 11.4 Å². The van der Waals surface area contributed by atoms with Crippen molar-refractivity contribution >= 4 is 28.0 Å². The van der Waals surface area contributed by atoms with Crippen LogP contribution < -0.4 is 9.03 Å². The molecule has 1 amide bonds. The molecular weight excluding hydrogens is 300 g/mol. The third-order valence-corrected chi connectivity index (χ3v) is 4.51. The summed E-state index contributed by atoms with van der Waals surface area (Å²) < 4.78 is 31.3. The lowest BCUT2D eigenvalue weighted by molar-refractivity contribution is 0.0695. The van der Waals surface area contributed by atoms with E-state index < -0.39 is 22.3 Å². The van der Waals surface area contributed by atoms with Gasteiger partial charge < -0.3 is 9.84 Å². The van der Waals surface area contributed by atoms with Crippen molar-refractivity contribution in [2.45, 2.75) is 12.8 Å². The second-order valence-electron chi connectivity index (χ2n) is 4.38. The Morgan fingerprint density at radius 1 is 1.38 bits per heavy atom. The third kappa shape index (κ3) is 2.92. The van der Waals surface area contributed by atoms with Crippen molar-refractivity contribution in [3.05, 3.63) is 29.3 Å². The molecule has 1 aromatic carbocycles. The van der Waals surface area contributed by atoms with Crippen molar-refractivity contribution in [2.75, 3.05) is 18.0 Å². The molecule has 21 heavy (non-hydrogen) atoms. The first kappa shape index (κ1) is 15.1. The molecule has 0 fully saturated rings. The van der Waals surface area contributed by atoms with Crippen molar-refractivity contribution in [3.63, 3.8) is 0 Å². The highest BCUT2D eigenvalue weighted by Gasteiger charge is 2.31. The number of ether oxygens (including phenoxy) is 1. The van der Waals surface area contributed by atoms with Gasteiger partial charge in [0, 0.05) is 6.54 Å². The lowest BCUT2D eigenvalue weighted by Crippen LogP contribution is -2.46. The molecule has 2 rings (SSSR count). The van der Waals surface area contributed by atoms with Gasteiger partial charge in [-0.2, -0.15) is 8.42 Å². The van der Waals surface area contributed by atoms with Gasteiger partial charge >= 0.3 is 22.3 Å². The maximum Gasteiger partial charge on any atom is 0.422 e. The lowest BCUT2D eigenvalue weighted by atomic mass is 9.98. The van der Waals surface area contributed by atoms with Gasteiger partial charge in [-0.25, -0.2) is 14.3 Å². The summed E-state index contributed by atoms with van der Waals surface area (Å²) in [5.41, 5.74) is 0.759. The molecule has 1 aliphatic rings. The Morgan fingerprint density at radius 2 is 2.10 bits per heavy atom. The van der Waals surface area contributed by atoms with Crippen LogP contribution in [0.15, 0.2) is 18.2 Å². The normalized spacial score (nSPS) is 14.2. The van der Waals surface area contributed by atoms with E-state index >= 15 is 0 Å². The van der Waals surface area contributed by atoms with E-state index in [2.05, 4.69) is 4.74 Å². The van der Waals surface area contributed by atoms with Crippen LogP contribution in [0.25, 0.3) is 0 Å². The van der Waals surface area contributed by atoms with Gasteiger partial charge in [0.05, 0.1) is 18.4 Å². The Kier molecular flexibility index (Phi) is 4.03. The van der Waals surface area contributed by atoms with Crippen LogP contribution in [0.2, 0.25) is 0 Å². The van der Waals surface area contributed by atoms with E-state index in [0.29, 0.717) is 18.4 Å². The number of carboxylic acid groups (broad SMARTS) is 1. The molecule has 1 aliphatic heterocycles. The second-order valence-corrected chi connectivity index (χ2v) is 5.98. The van der Waals surface area contributed by atoms with E-state index in [1.165, 1.54) is 18.2 Å². The molecule has 9 heteroatoms. The summed E-state index contributed by atoms with van der Waals surface area (Å²) in [6, 6.07) is 4.40. The SMILES string of the molecule is COC(=O)NS(=O)(=O)N1CCCc2c(C(=O)O)cccc21. The lowest BCUT2D eigenvalue weighted by Gasteiger charge is -2.30. The van der Waals surface area contributed by atoms with Gasteiger partial charge in [-0.15, -0.1) is 0 Å². The van der Waals surface area contributed by atoms with Crippen molar-refractivity contribution < 1.29 is 27.9 Å². The zero-order chi connectivity index (χ0) is 15.6. The Bertz CT molecular complexity index is 685. The molecular formula is C12H14N2O6S. The first-order chi connectivity index (χ1) is 9.86. The number of carbonyl (C=O) groups is 2. The van der Waals surface area contributed by atoms with Gasteiger partial charge in [0.15, 0.2) is 0 Å². The minimum absolute atomic E-state index is 0.0606. The monoisotopic (exact) mass is 314 g/mol. The van der Waals surface area contributed by atoms with Crippen LogP contribution in [0.5, 0.6) is 0 Å². The van der Waals surface area contributed by atoms with E-state index in [9.17, 15) is 18.0 Å². The smallest absolute Gasteiger partial charge is 0.422 e. The number of methoxy groups -OCH3 is 1. The summed E-state index contributed by atoms with van der Waals surface area (Å²) in [7, 11) is -3.08. The molecule has 114 valence electrons. The number of nitrogens with zero attached hydrogens (tertiary/aromatic N) is 1. The average Bonchev–Trinajstić information content (AvgIpc) is 2.45. The highest BCUT2D eigenvalue weighted by Crippen LogP contribution is 2.31. The molecule has 2 N–H and O–H groups in total. The minimum Gasteiger partial charge on any atom is -0.478 e. The Morgan fingerprint density at radius 3 is 2.71 bits per heavy atom. The van der Waals surface area contributed by atoms with Crippen LogP contribution >= 0.6 is 0 Å².